The smallest absolute Gasteiger partial charge is 0.191 e. The van der Waals surface area contributed by atoms with Crippen LogP contribution >= 0.6 is 0 Å². The lowest BCUT2D eigenvalue weighted by Crippen LogP contribution is -2.42. The van der Waals surface area contributed by atoms with Crippen molar-refractivity contribution in [1.29, 1.82) is 0 Å². The molecule has 3 rings (SSSR count). The number of nitrogens with zero attached hydrogens (tertiary/aromatic N) is 3. The molecule has 0 aliphatic carbocycles. The predicted molar refractivity (Wildman–Crippen MR) is 127 cm³/mol. The third kappa shape index (κ3) is 8.31. The lowest BCUT2D eigenvalue weighted by molar-refractivity contribution is 0.166. The van der Waals surface area contributed by atoms with Crippen molar-refractivity contribution in [3.05, 3.63) is 29.3 Å². The van der Waals surface area contributed by atoms with Crippen molar-refractivity contribution in [3.8, 4) is 5.75 Å². The van der Waals surface area contributed by atoms with Crippen LogP contribution in [0.3, 0.4) is 0 Å². The van der Waals surface area contributed by atoms with Gasteiger partial charge in [0.2, 0.25) is 0 Å². The first-order valence-corrected chi connectivity index (χ1v) is 11.9. The van der Waals surface area contributed by atoms with Crippen molar-refractivity contribution < 1.29 is 9.47 Å². The van der Waals surface area contributed by atoms with Gasteiger partial charge in [-0.3, -0.25) is 0 Å². The van der Waals surface area contributed by atoms with E-state index in [1.165, 1.54) is 25.1 Å². The molecule has 2 heterocycles. The molecule has 1 unspecified atom stereocenters. The molecule has 0 amide bonds. The second kappa shape index (κ2) is 12.9. The minimum atomic E-state index is 0.495. The van der Waals surface area contributed by atoms with Gasteiger partial charge in [0.1, 0.15) is 5.75 Å². The largest absolute Gasteiger partial charge is 0.493 e. The number of likely N-dealkylation sites (N-methyl/N-ethyl adjacent to an activating group) is 1. The van der Waals surface area contributed by atoms with Gasteiger partial charge in [-0.15, -0.1) is 0 Å². The fraction of sp³-hybridized carbons (Fsp3) is 0.708. The molecule has 1 aromatic rings. The van der Waals surface area contributed by atoms with Gasteiger partial charge in [0, 0.05) is 50.8 Å². The highest BCUT2D eigenvalue weighted by Crippen LogP contribution is 2.23. The number of aryl methyl sites for hydroxylation is 1. The van der Waals surface area contributed by atoms with Crippen molar-refractivity contribution in [2.24, 2.45) is 10.9 Å². The topological polar surface area (TPSA) is 61.4 Å². The molecule has 1 aromatic carbocycles. The van der Waals surface area contributed by atoms with Gasteiger partial charge >= 0.3 is 0 Å². The van der Waals surface area contributed by atoms with Crippen LogP contribution in [0.25, 0.3) is 0 Å². The Balaban J connectivity index is 1.52. The molecule has 7 nitrogen and oxygen atoms in total. The summed E-state index contributed by atoms with van der Waals surface area (Å²) < 4.78 is 11.6. The number of rotatable bonds is 9. The van der Waals surface area contributed by atoms with Crippen LogP contribution in [-0.4, -0.2) is 88.4 Å². The van der Waals surface area contributed by atoms with E-state index in [0.29, 0.717) is 19.1 Å². The molecule has 0 aromatic heterocycles. The standard InChI is InChI=1S/C24H41N5O2/c1-4-25-24(26-9-12-29-11-5-10-28(3)13-14-29)27-17-22-7-6-20(2)16-23(22)31-19-21-8-15-30-18-21/h6-7,16,21H,4-5,8-15,17-19H2,1-3H3,(H2,25,26,27). The molecular weight excluding hydrogens is 390 g/mol. The molecular formula is C24H41N5O2. The third-order valence-electron chi connectivity index (χ3n) is 6.01. The normalized spacial score (nSPS) is 21.1. The van der Waals surface area contributed by atoms with Crippen molar-refractivity contribution in [2.45, 2.75) is 33.2 Å². The Bertz CT molecular complexity index is 691. The number of aliphatic imine (C=N–C) groups is 1. The highest BCUT2D eigenvalue weighted by atomic mass is 16.5. The summed E-state index contributed by atoms with van der Waals surface area (Å²) in [5.74, 6) is 2.31. The van der Waals surface area contributed by atoms with Crippen LogP contribution in [0.4, 0.5) is 0 Å². The Labute approximate surface area is 188 Å². The predicted octanol–water partition coefficient (Wildman–Crippen LogP) is 2.10. The summed E-state index contributed by atoms with van der Waals surface area (Å²) in [6, 6.07) is 6.39. The van der Waals surface area contributed by atoms with Crippen LogP contribution in [-0.2, 0) is 11.3 Å². The summed E-state index contributed by atoms with van der Waals surface area (Å²) in [6.07, 6.45) is 2.33. The van der Waals surface area contributed by atoms with E-state index in [0.717, 1.165) is 69.6 Å². The van der Waals surface area contributed by atoms with Crippen molar-refractivity contribution in [2.75, 3.05) is 72.7 Å². The van der Waals surface area contributed by atoms with Crippen molar-refractivity contribution in [1.82, 2.24) is 20.4 Å². The maximum Gasteiger partial charge on any atom is 0.191 e. The molecule has 1 atom stereocenters. The minimum Gasteiger partial charge on any atom is -0.493 e. The molecule has 2 aliphatic rings. The third-order valence-corrected chi connectivity index (χ3v) is 6.01. The van der Waals surface area contributed by atoms with Gasteiger partial charge in [-0.2, -0.15) is 0 Å². The van der Waals surface area contributed by atoms with Gasteiger partial charge in [0.05, 0.1) is 19.8 Å². The summed E-state index contributed by atoms with van der Waals surface area (Å²) in [6.45, 7) is 14.6. The lowest BCUT2D eigenvalue weighted by Gasteiger charge is -2.21. The van der Waals surface area contributed by atoms with E-state index in [4.69, 9.17) is 14.5 Å². The van der Waals surface area contributed by atoms with Gasteiger partial charge in [0.15, 0.2) is 5.96 Å². The van der Waals surface area contributed by atoms with Gasteiger partial charge in [-0.1, -0.05) is 12.1 Å². The van der Waals surface area contributed by atoms with Gasteiger partial charge < -0.3 is 29.9 Å². The number of nitrogens with one attached hydrogen (secondary N) is 2. The number of hydrogen-bond donors (Lipinski definition) is 2. The zero-order chi connectivity index (χ0) is 21.9. The molecule has 2 N–H and O–H groups in total. The Kier molecular flexibility index (Phi) is 9.90. The number of guanidine groups is 1. The second-order valence-electron chi connectivity index (χ2n) is 8.77. The summed E-state index contributed by atoms with van der Waals surface area (Å²) in [5.41, 5.74) is 2.33. The molecule has 2 saturated heterocycles. The maximum atomic E-state index is 6.17. The summed E-state index contributed by atoms with van der Waals surface area (Å²) in [7, 11) is 2.21. The average molecular weight is 432 g/mol. The van der Waals surface area contributed by atoms with Crippen LogP contribution in [0.15, 0.2) is 23.2 Å². The van der Waals surface area contributed by atoms with E-state index < -0.39 is 0 Å². The molecule has 0 saturated carbocycles. The Hall–Kier alpha value is -1.83. The zero-order valence-corrected chi connectivity index (χ0v) is 19.7. The van der Waals surface area contributed by atoms with Gasteiger partial charge in [-0.05, 0) is 58.5 Å². The maximum absolute atomic E-state index is 6.17. The molecule has 0 radical (unpaired) electrons. The number of hydrogen-bond acceptors (Lipinski definition) is 5. The second-order valence-corrected chi connectivity index (χ2v) is 8.77. The summed E-state index contributed by atoms with van der Waals surface area (Å²) in [4.78, 5) is 9.79. The summed E-state index contributed by atoms with van der Waals surface area (Å²) in [5, 5.41) is 6.88. The quantitative estimate of drug-likeness (QED) is 0.461. The number of ether oxygens (including phenoxy) is 2. The minimum absolute atomic E-state index is 0.495. The lowest BCUT2D eigenvalue weighted by atomic mass is 10.1. The van der Waals surface area contributed by atoms with E-state index in [2.05, 4.69) is 59.5 Å². The monoisotopic (exact) mass is 431 g/mol. The Morgan fingerprint density at radius 1 is 1.23 bits per heavy atom. The molecule has 0 bridgehead atoms. The Morgan fingerprint density at radius 3 is 2.94 bits per heavy atom. The highest BCUT2D eigenvalue weighted by Gasteiger charge is 2.17. The first-order valence-electron chi connectivity index (χ1n) is 11.9. The van der Waals surface area contributed by atoms with Crippen molar-refractivity contribution in [3.63, 3.8) is 0 Å². The van der Waals surface area contributed by atoms with Crippen LogP contribution in [0, 0.1) is 12.8 Å². The molecule has 2 fully saturated rings. The molecule has 174 valence electrons. The van der Waals surface area contributed by atoms with Gasteiger partial charge in [-0.25, -0.2) is 4.99 Å². The molecule has 0 spiro atoms. The van der Waals surface area contributed by atoms with E-state index in [1.54, 1.807) is 0 Å². The van der Waals surface area contributed by atoms with Gasteiger partial charge in [0.25, 0.3) is 0 Å². The molecule has 31 heavy (non-hydrogen) atoms. The van der Waals surface area contributed by atoms with Crippen LogP contribution < -0.4 is 15.4 Å². The van der Waals surface area contributed by atoms with Crippen LogP contribution in [0.5, 0.6) is 5.75 Å². The first-order chi connectivity index (χ1) is 15.1. The van der Waals surface area contributed by atoms with E-state index in [1.807, 2.05) is 0 Å². The molecule has 7 heteroatoms. The van der Waals surface area contributed by atoms with E-state index in [-0.39, 0.29) is 0 Å². The summed E-state index contributed by atoms with van der Waals surface area (Å²) >= 11 is 0. The van der Waals surface area contributed by atoms with Crippen LogP contribution in [0.2, 0.25) is 0 Å². The average Bonchev–Trinajstić information content (AvgIpc) is 3.20. The van der Waals surface area contributed by atoms with Crippen molar-refractivity contribution >= 4 is 5.96 Å². The van der Waals surface area contributed by atoms with E-state index >= 15 is 0 Å². The number of benzene rings is 1. The Morgan fingerprint density at radius 2 is 2.13 bits per heavy atom. The molecule has 2 aliphatic heterocycles. The van der Waals surface area contributed by atoms with Crippen LogP contribution in [0.1, 0.15) is 30.9 Å². The first kappa shape index (κ1) is 23.8. The SMILES string of the molecule is CCNC(=NCc1ccc(C)cc1OCC1CCOC1)NCCN1CCCN(C)CC1. The highest BCUT2D eigenvalue weighted by molar-refractivity contribution is 5.79. The zero-order valence-electron chi connectivity index (χ0n) is 19.7. The fourth-order valence-electron chi connectivity index (χ4n) is 4.01. The van der Waals surface area contributed by atoms with E-state index in [9.17, 15) is 0 Å². The fourth-order valence-corrected chi connectivity index (χ4v) is 4.01.